The molecule has 1 aromatic heterocycles. The largest absolute Gasteiger partial charge is 0.493 e. The number of unbranched alkanes of at least 4 members (excludes halogenated alkanes) is 1. The van der Waals surface area contributed by atoms with Crippen LogP contribution >= 0.6 is 11.3 Å². The summed E-state index contributed by atoms with van der Waals surface area (Å²) < 4.78 is 12.2. The van der Waals surface area contributed by atoms with Crippen LogP contribution in [0.2, 0.25) is 0 Å². The monoisotopic (exact) mass is 396 g/mol. The summed E-state index contributed by atoms with van der Waals surface area (Å²) in [6.45, 7) is 3.20. The van der Waals surface area contributed by atoms with E-state index in [1.807, 2.05) is 42.5 Å². The second-order valence-electron chi connectivity index (χ2n) is 6.24. The maximum Gasteiger partial charge on any atom is 0.244 e. The highest BCUT2D eigenvalue weighted by Crippen LogP contribution is 2.28. The minimum atomic E-state index is -0.165. The summed E-state index contributed by atoms with van der Waals surface area (Å²) in [4.78, 5) is 16.6. The van der Waals surface area contributed by atoms with Crippen LogP contribution in [-0.2, 0) is 11.3 Å². The lowest BCUT2D eigenvalue weighted by Gasteiger charge is -2.10. The number of fused-ring (bicyclic) bond motifs is 1. The van der Waals surface area contributed by atoms with E-state index in [9.17, 15) is 4.79 Å². The Kier molecular flexibility index (Phi) is 7.03. The van der Waals surface area contributed by atoms with Gasteiger partial charge in [-0.05, 0) is 42.3 Å². The first-order valence-corrected chi connectivity index (χ1v) is 10.1. The average molecular weight is 397 g/mol. The normalized spacial score (nSPS) is 11.1. The predicted molar refractivity (Wildman–Crippen MR) is 114 cm³/mol. The van der Waals surface area contributed by atoms with Gasteiger partial charge in [0.05, 0.1) is 30.5 Å². The first kappa shape index (κ1) is 19.9. The molecule has 0 unspecified atom stereocenters. The Morgan fingerprint density at radius 2 is 2.07 bits per heavy atom. The first-order valence-electron chi connectivity index (χ1n) is 9.31. The van der Waals surface area contributed by atoms with Gasteiger partial charge in [0.25, 0.3) is 0 Å². The van der Waals surface area contributed by atoms with Gasteiger partial charge in [-0.2, -0.15) is 0 Å². The molecule has 0 atom stereocenters. The maximum atomic E-state index is 12.1. The first-order chi connectivity index (χ1) is 13.7. The molecule has 0 bridgehead atoms. The van der Waals surface area contributed by atoms with Crippen LogP contribution in [0.3, 0.4) is 0 Å². The highest BCUT2D eigenvalue weighted by Gasteiger charge is 2.06. The summed E-state index contributed by atoms with van der Waals surface area (Å²) in [7, 11) is 1.61. The van der Waals surface area contributed by atoms with E-state index in [2.05, 4.69) is 17.2 Å². The van der Waals surface area contributed by atoms with Crippen LogP contribution in [-0.4, -0.2) is 24.6 Å². The summed E-state index contributed by atoms with van der Waals surface area (Å²) in [5.41, 5.74) is 1.83. The fourth-order valence-corrected chi connectivity index (χ4v) is 3.53. The van der Waals surface area contributed by atoms with E-state index in [1.165, 1.54) is 6.08 Å². The zero-order valence-electron chi connectivity index (χ0n) is 16.1. The summed E-state index contributed by atoms with van der Waals surface area (Å²) in [5, 5.41) is 3.76. The van der Waals surface area contributed by atoms with E-state index in [4.69, 9.17) is 9.47 Å². The van der Waals surface area contributed by atoms with E-state index in [1.54, 1.807) is 24.5 Å². The molecule has 146 valence electrons. The number of thiazole rings is 1. The Bertz CT molecular complexity index is 932. The van der Waals surface area contributed by atoms with E-state index in [-0.39, 0.29) is 5.91 Å². The molecule has 2 aromatic carbocycles. The lowest BCUT2D eigenvalue weighted by atomic mass is 10.2. The van der Waals surface area contributed by atoms with Crippen molar-refractivity contribution in [1.82, 2.24) is 10.3 Å². The number of aromatic nitrogens is 1. The Morgan fingerprint density at radius 3 is 2.86 bits per heavy atom. The molecule has 5 nitrogen and oxygen atoms in total. The summed E-state index contributed by atoms with van der Waals surface area (Å²) >= 11 is 1.59. The van der Waals surface area contributed by atoms with Gasteiger partial charge in [0.15, 0.2) is 11.5 Å². The van der Waals surface area contributed by atoms with Crippen LogP contribution in [0, 0.1) is 0 Å². The Morgan fingerprint density at radius 1 is 1.21 bits per heavy atom. The van der Waals surface area contributed by atoms with Crippen LogP contribution < -0.4 is 14.8 Å². The van der Waals surface area contributed by atoms with Gasteiger partial charge < -0.3 is 14.8 Å². The third-order valence-electron chi connectivity index (χ3n) is 4.12. The standard InChI is InChI=1S/C22H24N2O3S/c1-3-4-13-27-18-11-9-16(14-19(18)26-2)10-12-21(25)23-15-22-24-17-7-5-6-8-20(17)28-22/h5-12,14H,3-4,13,15H2,1-2H3,(H,23,25)/b12-10+. The number of carbonyl (C=O) groups excluding carboxylic acids is 1. The van der Waals surface area contributed by atoms with Gasteiger partial charge in [0.1, 0.15) is 5.01 Å². The van der Waals surface area contributed by atoms with Gasteiger partial charge in [-0.1, -0.05) is 31.5 Å². The molecular formula is C22H24N2O3S. The third kappa shape index (κ3) is 5.33. The van der Waals surface area contributed by atoms with Crippen LogP contribution in [0.5, 0.6) is 11.5 Å². The molecule has 1 amide bonds. The van der Waals surface area contributed by atoms with Crippen molar-refractivity contribution in [2.45, 2.75) is 26.3 Å². The van der Waals surface area contributed by atoms with E-state index < -0.39 is 0 Å². The van der Waals surface area contributed by atoms with Crippen molar-refractivity contribution in [2.24, 2.45) is 0 Å². The molecule has 0 saturated heterocycles. The molecule has 0 fully saturated rings. The van der Waals surface area contributed by atoms with Crippen molar-refractivity contribution in [3.8, 4) is 11.5 Å². The molecule has 3 aromatic rings. The van der Waals surface area contributed by atoms with Crippen LogP contribution in [0.1, 0.15) is 30.3 Å². The predicted octanol–water partition coefficient (Wildman–Crippen LogP) is 4.81. The van der Waals surface area contributed by atoms with E-state index in [0.29, 0.717) is 24.7 Å². The lowest BCUT2D eigenvalue weighted by molar-refractivity contribution is -0.116. The van der Waals surface area contributed by atoms with E-state index in [0.717, 1.165) is 33.6 Å². The van der Waals surface area contributed by atoms with Gasteiger partial charge in [0, 0.05) is 6.08 Å². The Labute approximate surface area is 169 Å². The number of methoxy groups -OCH3 is 1. The maximum absolute atomic E-state index is 12.1. The quantitative estimate of drug-likeness (QED) is 0.416. The number of rotatable bonds is 9. The Hall–Kier alpha value is -2.86. The fourth-order valence-electron chi connectivity index (χ4n) is 2.62. The van der Waals surface area contributed by atoms with Crippen molar-refractivity contribution in [3.05, 3.63) is 59.1 Å². The number of nitrogens with one attached hydrogen (secondary N) is 1. The molecule has 0 saturated carbocycles. The molecule has 28 heavy (non-hydrogen) atoms. The zero-order chi connectivity index (χ0) is 19.8. The van der Waals surface area contributed by atoms with E-state index >= 15 is 0 Å². The molecule has 1 N–H and O–H groups in total. The molecule has 0 aliphatic rings. The SMILES string of the molecule is CCCCOc1ccc(/C=C/C(=O)NCc2nc3ccccc3s2)cc1OC. The van der Waals surface area contributed by atoms with Crippen molar-refractivity contribution >= 4 is 33.5 Å². The minimum Gasteiger partial charge on any atom is -0.493 e. The van der Waals surface area contributed by atoms with Gasteiger partial charge in [-0.25, -0.2) is 4.98 Å². The van der Waals surface area contributed by atoms with Crippen molar-refractivity contribution in [3.63, 3.8) is 0 Å². The minimum absolute atomic E-state index is 0.165. The van der Waals surface area contributed by atoms with Gasteiger partial charge >= 0.3 is 0 Å². The molecule has 0 aliphatic carbocycles. The molecule has 0 aliphatic heterocycles. The number of amides is 1. The molecular weight excluding hydrogens is 372 g/mol. The van der Waals surface area contributed by atoms with Gasteiger partial charge in [0.2, 0.25) is 5.91 Å². The zero-order valence-corrected chi connectivity index (χ0v) is 16.9. The summed E-state index contributed by atoms with van der Waals surface area (Å²) in [5.74, 6) is 1.21. The number of para-hydroxylation sites is 1. The highest BCUT2D eigenvalue weighted by atomic mass is 32.1. The number of nitrogens with zero attached hydrogens (tertiary/aromatic N) is 1. The fraction of sp³-hybridized carbons (Fsp3) is 0.273. The third-order valence-corrected chi connectivity index (χ3v) is 5.16. The number of benzene rings is 2. The Balaban J connectivity index is 1.57. The number of hydrogen-bond donors (Lipinski definition) is 1. The lowest BCUT2D eigenvalue weighted by Crippen LogP contribution is -2.20. The van der Waals surface area contributed by atoms with Gasteiger partial charge in [-0.15, -0.1) is 11.3 Å². The van der Waals surface area contributed by atoms with Crippen molar-refractivity contribution < 1.29 is 14.3 Å². The van der Waals surface area contributed by atoms with Crippen LogP contribution in [0.25, 0.3) is 16.3 Å². The summed E-state index contributed by atoms with van der Waals surface area (Å²) in [6, 6.07) is 13.6. The topological polar surface area (TPSA) is 60.5 Å². The van der Waals surface area contributed by atoms with Gasteiger partial charge in [-0.3, -0.25) is 4.79 Å². The van der Waals surface area contributed by atoms with Crippen molar-refractivity contribution in [2.75, 3.05) is 13.7 Å². The van der Waals surface area contributed by atoms with Crippen LogP contribution in [0.15, 0.2) is 48.5 Å². The second kappa shape index (κ2) is 9.90. The van der Waals surface area contributed by atoms with Crippen LogP contribution in [0.4, 0.5) is 0 Å². The average Bonchev–Trinajstić information content (AvgIpc) is 3.14. The molecule has 6 heteroatoms. The molecule has 0 radical (unpaired) electrons. The smallest absolute Gasteiger partial charge is 0.244 e. The molecule has 0 spiro atoms. The van der Waals surface area contributed by atoms with Crippen molar-refractivity contribution in [1.29, 1.82) is 0 Å². The number of ether oxygens (including phenoxy) is 2. The highest BCUT2D eigenvalue weighted by molar-refractivity contribution is 7.18. The molecule has 3 rings (SSSR count). The summed E-state index contributed by atoms with van der Waals surface area (Å²) in [6.07, 6.45) is 5.35. The number of hydrogen-bond acceptors (Lipinski definition) is 5. The number of carbonyl (C=O) groups is 1. The second-order valence-corrected chi connectivity index (χ2v) is 7.35. The molecule has 1 heterocycles.